The van der Waals surface area contributed by atoms with E-state index in [2.05, 4.69) is 9.71 Å². The van der Waals surface area contributed by atoms with Crippen molar-refractivity contribution in [1.29, 1.82) is 0 Å². The van der Waals surface area contributed by atoms with Crippen LogP contribution in [0.15, 0.2) is 11.6 Å². The standard InChI is InChI=1S/C15H24N2O2S2/c1-11(15-16-6-7-20-15)9-17-21(18,19)10-13-8-12-4-2-3-5-14(12)13/h6-7,11-14,17H,2-5,8-10H2,1H3/t11?,12-,13-,14-/m1/s1. The maximum Gasteiger partial charge on any atom is 0.211 e. The highest BCUT2D eigenvalue weighted by molar-refractivity contribution is 7.89. The van der Waals surface area contributed by atoms with Crippen LogP contribution in [-0.2, 0) is 10.0 Å². The molecule has 1 aromatic rings. The second kappa shape index (κ2) is 6.34. The summed E-state index contributed by atoms with van der Waals surface area (Å²) in [6, 6.07) is 0. The predicted octanol–water partition coefficient (Wildman–Crippen LogP) is 2.99. The van der Waals surface area contributed by atoms with Crippen LogP contribution in [0.25, 0.3) is 0 Å². The summed E-state index contributed by atoms with van der Waals surface area (Å²) in [4.78, 5) is 4.24. The van der Waals surface area contributed by atoms with Crippen molar-refractivity contribution in [3.8, 4) is 0 Å². The topological polar surface area (TPSA) is 59.1 Å². The van der Waals surface area contributed by atoms with Crippen LogP contribution < -0.4 is 4.72 Å². The van der Waals surface area contributed by atoms with Crippen molar-refractivity contribution in [2.24, 2.45) is 17.8 Å². The largest absolute Gasteiger partial charge is 0.249 e. The average Bonchev–Trinajstić information content (AvgIpc) is 2.97. The molecule has 1 aromatic heterocycles. The molecule has 2 aliphatic carbocycles. The van der Waals surface area contributed by atoms with Crippen molar-refractivity contribution in [1.82, 2.24) is 9.71 Å². The fourth-order valence-electron chi connectivity index (χ4n) is 3.87. The lowest BCUT2D eigenvalue weighted by atomic mass is 9.59. The summed E-state index contributed by atoms with van der Waals surface area (Å²) in [6.07, 6.45) is 8.06. The van der Waals surface area contributed by atoms with Gasteiger partial charge in [-0.3, -0.25) is 0 Å². The van der Waals surface area contributed by atoms with E-state index in [0.717, 1.165) is 17.3 Å². The molecule has 2 fully saturated rings. The molecule has 4 atom stereocenters. The summed E-state index contributed by atoms with van der Waals surface area (Å²) < 4.78 is 27.3. The molecule has 3 rings (SSSR count). The molecule has 0 aromatic carbocycles. The Morgan fingerprint density at radius 3 is 2.95 bits per heavy atom. The number of hydrogen-bond acceptors (Lipinski definition) is 4. The van der Waals surface area contributed by atoms with Crippen molar-refractivity contribution in [3.63, 3.8) is 0 Å². The zero-order valence-corrected chi connectivity index (χ0v) is 14.1. The van der Waals surface area contributed by atoms with Gasteiger partial charge >= 0.3 is 0 Å². The van der Waals surface area contributed by atoms with Gasteiger partial charge in [0.2, 0.25) is 10.0 Å². The quantitative estimate of drug-likeness (QED) is 0.873. The van der Waals surface area contributed by atoms with E-state index in [1.54, 1.807) is 17.5 Å². The summed E-state index contributed by atoms with van der Waals surface area (Å²) in [6.45, 7) is 2.47. The van der Waals surface area contributed by atoms with Gasteiger partial charge in [0.05, 0.1) is 10.8 Å². The normalized spacial score (nSPS) is 30.4. The molecular weight excluding hydrogens is 304 g/mol. The first-order valence-electron chi connectivity index (χ1n) is 7.92. The van der Waals surface area contributed by atoms with Crippen LogP contribution >= 0.6 is 11.3 Å². The van der Waals surface area contributed by atoms with Gasteiger partial charge in [0.15, 0.2) is 0 Å². The highest BCUT2D eigenvalue weighted by Gasteiger charge is 2.43. The summed E-state index contributed by atoms with van der Waals surface area (Å²) >= 11 is 1.58. The van der Waals surface area contributed by atoms with Gasteiger partial charge in [0.1, 0.15) is 0 Å². The average molecular weight is 329 g/mol. The first-order valence-corrected chi connectivity index (χ1v) is 10.4. The van der Waals surface area contributed by atoms with Crippen LogP contribution in [-0.4, -0.2) is 25.7 Å². The number of aromatic nitrogens is 1. The third-order valence-electron chi connectivity index (χ3n) is 5.09. The molecule has 0 amide bonds. The van der Waals surface area contributed by atoms with E-state index >= 15 is 0 Å². The Morgan fingerprint density at radius 1 is 1.43 bits per heavy atom. The Morgan fingerprint density at radius 2 is 2.24 bits per heavy atom. The van der Waals surface area contributed by atoms with Crippen LogP contribution in [0.3, 0.4) is 0 Å². The minimum Gasteiger partial charge on any atom is -0.249 e. The minimum absolute atomic E-state index is 0.142. The number of thiazole rings is 1. The molecular formula is C15H24N2O2S2. The third-order valence-corrected chi connectivity index (χ3v) is 7.58. The van der Waals surface area contributed by atoms with Gasteiger partial charge in [-0.15, -0.1) is 11.3 Å². The molecule has 0 aliphatic heterocycles. The SMILES string of the molecule is CC(CNS(=O)(=O)C[C@H]1C[C@H]2CCCC[C@H]21)c1nccs1. The molecule has 1 unspecified atom stereocenters. The number of nitrogens with zero attached hydrogens (tertiary/aromatic N) is 1. The molecule has 2 aliphatic rings. The van der Waals surface area contributed by atoms with E-state index in [9.17, 15) is 8.42 Å². The Balaban J connectivity index is 1.48. The number of sulfonamides is 1. The number of hydrogen-bond donors (Lipinski definition) is 1. The van der Waals surface area contributed by atoms with Crippen LogP contribution in [0.5, 0.6) is 0 Å². The lowest BCUT2D eigenvalue weighted by Crippen LogP contribution is -2.44. The maximum absolute atomic E-state index is 12.3. The molecule has 4 nitrogen and oxygen atoms in total. The van der Waals surface area contributed by atoms with Gasteiger partial charge in [-0.2, -0.15) is 0 Å². The second-order valence-corrected chi connectivity index (χ2v) is 9.38. The van der Waals surface area contributed by atoms with Crippen molar-refractivity contribution >= 4 is 21.4 Å². The van der Waals surface area contributed by atoms with E-state index in [1.807, 2.05) is 12.3 Å². The van der Waals surface area contributed by atoms with Crippen molar-refractivity contribution in [2.75, 3.05) is 12.3 Å². The van der Waals surface area contributed by atoms with Crippen molar-refractivity contribution in [2.45, 2.75) is 44.9 Å². The van der Waals surface area contributed by atoms with Crippen molar-refractivity contribution in [3.05, 3.63) is 16.6 Å². The fraction of sp³-hybridized carbons (Fsp3) is 0.800. The van der Waals surface area contributed by atoms with Gasteiger partial charge in [0, 0.05) is 24.0 Å². The highest BCUT2D eigenvalue weighted by atomic mass is 32.2. The molecule has 0 spiro atoms. The second-order valence-electron chi connectivity index (χ2n) is 6.61. The van der Waals surface area contributed by atoms with E-state index in [4.69, 9.17) is 0 Å². The molecule has 6 heteroatoms. The molecule has 0 radical (unpaired) electrons. The minimum atomic E-state index is -3.15. The van der Waals surface area contributed by atoms with E-state index in [-0.39, 0.29) is 5.92 Å². The summed E-state index contributed by atoms with van der Waals surface area (Å²) in [5.74, 6) is 2.34. The highest BCUT2D eigenvalue weighted by Crippen LogP contribution is 2.49. The van der Waals surface area contributed by atoms with Gasteiger partial charge < -0.3 is 0 Å². The van der Waals surface area contributed by atoms with Crippen molar-refractivity contribution < 1.29 is 8.42 Å². The Labute approximate surface area is 131 Å². The zero-order valence-electron chi connectivity index (χ0n) is 12.5. The number of rotatable bonds is 6. The first kappa shape index (κ1) is 15.4. The molecule has 118 valence electrons. The first-order chi connectivity index (χ1) is 10.1. The molecule has 0 saturated heterocycles. The van der Waals surface area contributed by atoms with Gasteiger partial charge in [-0.25, -0.2) is 18.1 Å². The molecule has 2 saturated carbocycles. The fourth-order valence-corrected chi connectivity index (χ4v) is 6.13. The maximum atomic E-state index is 12.3. The monoisotopic (exact) mass is 328 g/mol. The van der Waals surface area contributed by atoms with Gasteiger partial charge in [-0.05, 0) is 30.6 Å². The Bertz CT molecular complexity index is 556. The molecule has 1 N–H and O–H groups in total. The zero-order chi connectivity index (χ0) is 14.9. The predicted molar refractivity (Wildman–Crippen MR) is 85.9 cm³/mol. The van der Waals surface area contributed by atoms with Crippen LogP contribution in [0.1, 0.15) is 50.0 Å². The Hall–Kier alpha value is -0.460. The summed E-state index contributed by atoms with van der Waals surface area (Å²) in [7, 11) is -3.15. The Kier molecular flexibility index (Phi) is 4.66. The van der Waals surface area contributed by atoms with E-state index in [1.165, 1.54) is 25.7 Å². The lowest BCUT2D eigenvalue weighted by molar-refractivity contribution is 0.0439. The number of fused-ring (bicyclic) bond motifs is 1. The molecule has 0 bridgehead atoms. The van der Waals surface area contributed by atoms with Gasteiger partial charge in [0.25, 0.3) is 0 Å². The van der Waals surface area contributed by atoms with E-state index in [0.29, 0.717) is 24.1 Å². The van der Waals surface area contributed by atoms with E-state index < -0.39 is 10.0 Å². The summed E-state index contributed by atoms with van der Waals surface area (Å²) in [5, 5.41) is 2.92. The van der Waals surface area contributed by atoms with Gasteiger partial charge in [-0.1, -0.05) is 26.2 Å². The summed E-state index contributed by atoms with van der Waals surface area (Å²) in [5.41, 5.74) is 0. The van der Waals surface area contributed by atoms with Crippen LogP contribution in [0.2, 0.25) is 0 Å². The van der Waals surface area contributed by atoms with Crippen LogP contribution in [0, 0.1) is 17.8 Å². The molecule has 21 heavy (non-hydrogen) atoms. The smallest absolute Gasteiger partial charge is 0.211 e. The lowest BCUT2D eigenvalue weighted by Gasteiger charge is -2.47. The molecule has 1 heterocycles. The third kappa shape index (κ3) is 3.66. The van der Waals surface area contributed by atoms with Crippen LogP contribution in [0.4, 0.5) is 0 Å². The number of nitrogens with one attached hydrogen (secondary N) is 1.